The van der Waals surface area contributed by atoms with Gasteiger partial charge in [-0.3, -0.25) is 9.78 Å². The summed E-state index contributed by atoms with van der Waals surface area (Å²) in [5.41, 5.74) is 3.98. The van der Waals surface area contributed by atoms with Gasteiger partial charge in [-0.1, -0.05) is 63.2 Å². The molecule has 0 aliphatic carbocycles. The first-order chi connectivity index (χ1) is 12.4. The zero-order chi connectivity index (χ0) is 18.6. The van der Waals surface area contributed by atoms with Gasteiger partial charge in [0.05, 0.1) is 6.04 Å². The highest BCUT2D eigenvalue weighted by Gasteiger charge is 2.19. The second-order valence-electron chi connectivity index (χ2n) is 7.43. The Morgan fingerprint density at radius 3 is 2.00 bits per heavy atom. The molecule has 0 saturated heterocycles. The first kappa shape index (κ1) is 17.9. The number of hydrogen-bond acceptors (Lipinski definition) is 2. The second kappa shape index (κ2) is 7.52. The normalized spacial score (nSPS) is 12.4. The summed E-state index contributed by atoms with van der Waals surface area (Å²) in [6, 6.07) is 21.5. The van der Waals surface area contributed by atoms with Crippen molar-refractivity contribution >= 4 is 5.91 Å². The first-order valence-corrected chi connectivity index (χ1v) is 8.81. The molecule has 0 radical (unpaired) electrons. The van der Waals surface area contributed by atoms with Crippen molar-refractivity contribution in [1.29, 1.82) is 0 Å². The molecule has 26 heavy (non-hydrogen) atoms. The molecule has 3 aromatic rings. The lowest BCUT2D eigenvalue weighted by atomic mass is 9.86. The van der Waals surface area contributed by atoms with Crippen LogP contribution in [0.25, 0.3) is 0 Å². The molecular formula is C23H24N2O. The van der Waals surface area contributed by atoms with Gasteiger partial charge in [0, 0.05) is 18.0 Å². The van der Waals surface area contributed by atoms with E-state index in [1.54, 1.807) is 12.4 Å². The van der Waals surface area contributed by atoms with E-state index in [0.717, 1.165) is 11.1 Å². The van der Waals surface area contributed by atoms with E-state index >= 15 is 0 Å². The summed E-state index contributed by atoms with van der Waals surface area (Å²) in [5, 5.41) is 3.16. The molecule has 2 aromatic carbocycles. The van der Waals surface area contributed by atoms with Crippen LogP contribution in [0.2, 0.25) is 0 Å². The van der Waals surface area contributed by atoms with E-state index in [4.69, 9.17) is 0 Å². The van der Waals surface area contributed by atoms with Crippen molar-refractivity contribution in [3.8, 4) is 0 Å². The predicted octanol–water partition coefficient (Wildman–Crippen LogP) is 4.90. The number of carbonyl (C=O) groups is 1. The van der Waals surface area contributed by atoms with Crippen molar-refractivity contribution in [1.82, 2.24) is 10.3 Å². The van der Waals surface area contributed by atoms with Gasteiger partial charge in [0.1, 0.15) is 0 Å². The predicted molar refractivity (Wildman–Crippen MR) is 105 cm³/mol. The van der Waals surface area contributed by atoms with Crippen LogP contribution in [0.5, 0.6) is 0 Å². The number of pyridine rings is 1. The van der Waals surface area contributed by atoms with Gasteiger partial charge >= 0.3 is 0 Å². The molecule has 1 aromatic heterocycles. The molecule has 3 nitrogen and oxygen atoms in total. The summed E-state index contributed by atoms with van der Waals surface area (Å²) >= 11 is 0. The quantitative estimate of drug-likeness (QED) is 0.731. The van der Waals surface area contributed by atoms with Crippen LogP contribution >= 0.6 is 0 Å². The van der Waals surface area contributed by atoms with Gasteiger partial charge in [-0.15, -0.1) is 0 Å². The summed E-state index contributed by atoms with van der Waals surface area (Å²) in [6.07, 6.45) is 3.49. The molecule has 1 atom stereocenters. The average molecular weight is 344 g/mol. The second-order valence-corrected chi connectivity index (χ2v) is 7.43. The maximum Gasteiger partial charge on any atom is 0.252 e. The van der Waals surface area contributed by atoms with Crippen LogP contribution in [0.15, 0.2) is 79.1 Å². The summed E-state index contributed by atoms with van der Waals surface area (Å²) in [5.74, 6) is -0.0869. The zero-order valence-electron chi connectivity index (χ0n) is 15.4. The van der Waals surface area contributed by atoms with E-state index in [9.17, 15) is 4.79 Å². The van der Waals surface area contributed by atoms with Crippen LogP contribution in [0, 0.1) is 0 Å². The van der Waals surface area contributed by atoms with Crippen molar-refractivity contribution in [2.24, 2.45) is 0 Å². The molecule has 0 fully saturated rings. The van der Waals surface area contributed by atoms with Crippen molar-refractivity contribution < 1.29 is 4.79 Å². The Morgan fingerprint density at radius 1 is 0.846 bits per heavy atom. The van der Waals surface area contributed by atoms with E-state index in [2.05, 4.69) is 31.1 Å². The van der Waals surface area contributed by atoms with Gasteiger partial charge in [0.25, 0.3) is 5.91 Å². The van der Waals surface area contributed by atoms with Gasteiger partial charge in [-0.2, -0.15) is 0 Å². The first-order valence-electron chi connectivity index (χ1n) is 8.81. The van der Waals surface area contributed by atoms with Crippen molar-refractivity contribution in [3.63, 3.8) is 0 Å². The number of carbonyl (C=O) groups excluding carboxylic acids is 1. The molecular weight excluding hydrogens is 320 g/mol. The summed E-state index contributed by atoms with van der Waals surface area (Å²) in [6.45, 7) is 6.49. The van der Waals surface area contributed by atoms with Crippen molar-refractivity contribution in [2.75, 3.05) is 0 Å². The largest absolute Gasteiger partial charge is 0.341 e. The lowest BCUT2D eigenvalue weighted by molar-refractivity contribution is 0.0943. The van der Waals surface area contributed by atoms with E-state index in [0.29, 0.717) is 5.56 Å². The molecule has 0 aliphatic rings. The SMILES string of the molecule is CC(C)(C)c1ccc(C(=O)NC(c2ccccc2)c2ccncc2)cc1. The Bertz CT molecular complexity index is 811. The standard InChI is InChI=1S/C23H24N2O/c1-23(2,3)20-11-9-19(10-12-20)22(26)25-21(17-7-5-4-6-8-17)18-13-15-24-16-14-18/h4-16,21H,1-3H3,(H,25,26). The number of benzene rings is 2. The molecule has 3 rings (SSSR count). The summed E-state index contributed by atoms with van der Waals surface area (Å²) in [7, 11) is 0. The summed E-state index contributed by atoms with van der Waals surface area (Å²) in [4.78, 5) is 16.9. The van der Waals surface area contributed by atoms with Gasteiger partial charge in [-0.25, -0.2) is 0 Å². The third kappa shape index (κ3) is 4.17. The highest BCUT2D eigenvalue weighted by atomic mass is 16.1. The number of hydrogen-bond donors (Lipinski definition) is 1. The number of nitrogens with zero attached hydrogens (tertiary/aromatic N) is 1. The molecule has 0 saturated carbocycles. The molecule has 1 heterocycles. The molecule has 0 bridgehead atoms. The lowest BCUT2D eigenvalue weighted by Crippen LogP contribution is -2.29. The van der Waals surface area contributed by atoms with Gasteiger partial charge < -0.3 is 5.32 Å². The fourth-order valence-electron chi connectivity index (χ4n) is 2.90. The average Bonchev–Trinajstić information content (AvgIpc) is 2.67. The Kier molecular flexibility index (Phi) is 5.17. The molecule has 1 N–H and O–H groups in total. The maximum absolute atomic E-state index is 12.8. The van der Waals surface area contributed by atoms with Crippen LogP contribution in [-0.2, 0) is 5.41 Å². The minimum atomic E-state index is -0.214. The Labute approximate surface area is 155 Å². The van der Waals surface area contributed by atoms with Gasteiger partial charge in [0.2, 0.25) is 0 Å². The minimum absolute atomic E-state index is 0.0681. The molecule has 0 aliphatic heterocycles. The number of amides is 1. The van der Waals surface area contributed by atoms with E-state index in [1.165, 1.54) is 5.56 Å². The van der Waals surface area contributed by atoms with E-state index in [1.807, 2.05) is 66.7 Å². The van der Waals surface area contributed by atoms with Gasteiger partial charge in [0.15, 0.2) is 0 Å². The highest BCUT2D eigenvalue weighted by molar-refractivity contribution is 5.94. The van der Waals surface area contributed by atoms with E-state index < -0.39 is 0 Å². The number of aromatic nitrogens is 1. The molecule has 1 unspecified atom stereocenters. The minimum Gasteiger partial charge on any atom is -0.341 e. The number of rotatable bonds is 4. The topological polar surface area (TPSA) is 42.0 Å². The van der Waals surface area contributed by atoms with Crippen LogP contribution < -0.4 is 5.32 Å². The third-order valence-electron chi connectivity index (χ3n) is 4.46. The van der Waals surface area contributed by atoms with Crippen LogP contribution in [-0.4, -0.2) is 10.9 Å². The van der Waals surface area contributed by atoms with E-state index in [-0.39, 0.29) is 17.4 Å². The molecule has 0 spiro atoms. The zero-order valence-corrected chi connectivity index (χ0v) is 15.4. The molecule has 132 valence electrons. The maximum atomic E-state index is 12.8. The van der Waals surface area contributed by atoms with Crippen LogP contribution in [0.1, 0.15) is 53.9 Å². The number of nitrogens with one attached hydrogen (secondary N) is 1. The monoisotopic (exact) mass is 344 g/mol. The Balaban J connectivity index is 1.86. The van der Waals surface area contributed by atoms with Crippen LogP contribution in [0.4, 0.5) is 0 Å². The summed E-state index contributed by atoms with van der Waals surface area (Å²) < 4.78 is 0. The lowest BCUT2D eigenvalue weighted by Gasteiger charge is -2.21. The fraction of sp³-hybridized carbons (Fsp3) is 0.217. The Hall–Kier alpha value is -2.94. The van der Waals surface area contributed by atoms with Crippen molar-refractivity contribution in [3.05, 3.63) is 101 Å². The third-order valence-corrected chi connectivity index (χ3v) is 4.46. The molecule has 1 amide bonds. The van der Waals surface area contributed by atoms with Crippen LogP contribution in [0.3, 0.4) is 0 Å². The molecule has 3 heteroatoms. The van der Waals surface area contributed by atoms with Crippen molar-refractivity contribution in [2.45, 2.75) is 32.2 Å². The Morgan fingerprint density at radius 2 is 1.42 bits per heavy atom. The fourth-order valence-corrected chi connectivity index (χ4v) is 2.90. The smallest absolute Gasteiger partial charge is 0.252 e. The van der Waals surface area contributed by atoms with Gasteiger partial charge in [-0.05, 0) is 46.4 Å². The highest BCUT2D eigenvalue weighted by Crippen LogP contribution is 2.24.